The summed E-state index contributed by atoms with van der Waals surface area (Å²) in [6, 6.07) is 2.24. The minimum absolute atomic E-state index is 0.516. The van der Waals surface area contributed by atoms with Gasteiger partial charge in [0.05, 0.1) is 5.60 Å². The van der Waals surface area contributed by atoms with Crippen molar-refractivity contribution in [1.29, 1.82) is 0 Å². The maximum atomic E-state index is 10.3. The van der Waals surface area contributed by atoms with Gasteiger partial charge in [0.2, 0.25) is 0 Å². The van der Waals surface area contributed by atoms with E-state index in [0.29, 0.717) is 12.5 Å². The molecule has 1 aromatic rings. The summed E-state index contributed by atoms with van der Waals surface area (Å²) in [6.45, 7) is 15.2. The predicted molar refractivity (Wildman–Crippen MR) is 81.4 cm³/mol. The predicted octanol–water partition coefficient (Wildman–Crippen LogP) is 3.01. The molecule has 0 spiro atoms. The molecule has 1 atom stereocenters. The van der Waals surface area contributed by atoms with E-state index in [1.54, 1.807) is 0 Å². The lowest BCUT2D eigenvalue weighted by Crippen LogP contribution is -2.38. The molecular weight excluding hydrogens is 236 g/mol. The van der Waals surface area contributed by atoms with E-state index in [1.807, 2.05) is 6.92 Å². The van der Waals surface area contributed by atoms with E-state index >= 15 is 0 Å². The third kappa shape index (κ3) is 4.66. The summed E-state index contributed by atoms with van der Waals surface area (Å²) in [6.07, 6.45) is 0.827. The topological polar surface area (TPSA) is 37.2 Å². The minimum atomic E-state index is -0.621. The molecule has 0 aliphatic heterocycles. The van der Waals surface area contributed by atoms with Crippen molar-refractivity contribution < 1.29 is 5.11 Å². The van der Waals surface area contributed by atoms with Gasteiger partial charge < -0.3 is 15.0 Å². The lowest BCUT2D eigenvalue weighted by Gasteiger charge is -2.25. The van der Waals surface area contributed by atoms with Crippen molar-refractivity contribution in [3.05, 3.63) is 23.0 Å². The highest BCUT2D eigenvalue weighted by Crippen LogP contribution is 2.17. The molecule has 0 aliphatic rings. The van der Waals surface area contributed by atoms with E-state index in [-0.39, 0.29) is 0 Å². The van der Waals surface area contributed by atoms with Crippen LogP contribution in [0.1, 0.15) is 51.1 Å². The van der Waals surface area contributed by atoms with Crippen molar-refractivity contribution in [2.24, 2.45) is 5.92 Å². The number of aryl methyl sites for hydroxylation is 1. The normalized spacial score (nSPS) is 14.9. The summed E-state index contributed by atoms with van der Waals surface area (Å²) in [7, 11) is 0. The molecule has 3 nitrogen and oxygen atoms in total. The van der Waals surface area contributed by atoms with Gasteiger partial charge in [-0.05, 0) is 51.7 Å². The molecule has 0 fully saturated rings. The number of hydrogen-bond donors (Lipinski definition) is 2. The first-order valence-corrected chi connectivity index (χ1v) is 7.35. The highest BCUT2D eigenvalue weighted by atomic mass is 16.3. The average molecular weight is 266 g/mol. The smallest absolute Gasteiger partial charge is 0.0746 e. The van der Waals surface area contributed by atoms with Gasteiger partial charge in [0.25, 0.3) is 0 Å². The molecular formula is C16H30N2O. The molecule has 1 unspecified atom stereocenters. The van der Waals surface area contributed by atoms with Crippen molar-refractivity contribution in [2.75, 3.05) is 6.54 Å². The monoisotopic (exact) mass is 266 g/mol. The van der Waals surface area contributed by atoms with Crippen LogP contribution >= 0.6 is 0 Å². The Labute approximate surface area is 118 Å². The number of aliphatic hydroxyl groups is 1. The summed E-state index contributed by atoms with van der Waals surface area (Å²) < 4.78 is 2.32. The number of rotatable bonds is 7. The molecule has 0 bridgehead atoms. The Morgan fingerprint density at radius 1 is 1.37 bits per heavy atom. The maximum absolute atomic E-state index is 10.3. The van der Waals surface area contributed by atoms with Gasteiger partial charge in [-0.25, -0.2) is 0 Å². The van der Waals surface area contributed by atoms with Crippen molar-refractivity contribution in [3.8, 4) is 0 Å². The summed E-state index contributed by atoms with van der Waals surface area (Å²) in [4.78, 5) is 0. The lowest BCUT2D eigenvalue weighted by atomic mass is 9.94. The fourth-order valence-corrected chi connectivity index (χ4v) is 2.96. The van der Waals surface area contributed by atoms with Gasteiger partial charge in [-0.1, -0.05) is 13.8 Å². The van der Waals surface area contributed by atoms with Crippen LogP contribution in [0.25, 0.3) is 0 Å². The standard InChI is InChI=1S/C16H30N2O/c1-7-18-13(4)8-15(14(18)5)10-17-11-16(6,19)9-12(2)3/h8,12,17,19H,7,9-11H2,1-6H3. The van der Waals surface area contributed by atoms with Crippen molar-refractivity contribution in [3.63, 3.8) is 0 Å². The van der Waals surface area contributed by atoms with Crippen LogP contribution in [0.3, 0.4) is 0 Å². The van der Waals surface area contributed by atoms with Gasteiger partial charge in [0.15, 0.2) is 0 Å². The first kappa shape index (κ1) is 16.3. The van der Waals surface area contributed by atoms with E-state index in [1.165, 1.54) is 17.0 Å². The Kier molecular flexibility index (Phi) is 5.63. The second kappa shape index (κ2) is 6.58. The molecule has 110 valence electrons. The second-order valence-corrected chi connectivity index (χ2v) is 6.34. The minimum Gasteiger partial charge on any atom is -0.389 e. The third-order valence-corrected chi connectivity index (χ3v) is 3.66. The largest absolute Gasteiger partial charge is 0.389 e. The van der Waals surface area contributed by atoms with Crippen molar-refractivity contribution in [1.82, 2.24) is 9.88 Å². The highest BCUT2D eigenvalue weighted by Gasteiger charge is 2.21. The average Bonchev–Trinajstić information content (AvgIpc) is 2.51. The van der Waals surface area contributed by atoms with Crippen LogP contribution < -0.4 is 5.32 Å². The van der Waals surface area contributed by atoms with E-state index in [0.717, 1.165) is 19.5 Å². The van der Waals surface area contributed by atoms with Gasteiger partial charge >= 0.3 is 0 Å². The second-order valence-electron chi connectivity index (χ2n) is 6.34. The number of aromatic nitrogens is 1. The lowest BCUT2D eigenvalue weighted by molar-refractivity contribution is 0.0383. The Balaban J connectivity index is 2.54. The van der Waals surface area contributed by atoms with Crippen LogP contribution in [0.15, 0.2) is 6.07 Å². The van der Waals surface area contributed by atoms with Gasteiger partial charge in [-0.3, -0.25) is 0 Å². The molecule has 0 saturated heterocycles. The maximum Gasteiger partial charge on any atom is 0.0746 e. The summed E-state index contributed by atoms with van der Waals surface area (Å²) in [5, 5.41) is 13.7. The first-order chi connectivity index (χ1) is 8.76. The highest BCUT2D eigenvalue weighted by molar-refractivity contribution is 5.26. The van der Waals surface area contributed by atoms with Crippen LogP contribution in [0.5, 0.6) is 0 Å². The van der Waals surface area contributed by atoms with Crippen LogP contribution in [0, 0.1) is 19.8 Å². The Bertz CT molecular complexity index is 405. The van der Waals surface area contributed by atoms with Crippen LogP contribution in [0.4, 0.5) is 0 Å². The zero-order valence-electron chi connectivity index (χ0n) is 13.4. The van der Waals surface area contributed by atoms with Crippen molar-refractivity contribution in [2.45, 2.75) is 66.7 Å². The third-order valence-electron chi connectivity index (χ3n) is 3.66. The molecule has 0 aromatic carbocycles. The molecule has 0 radical (unpaired) electrons. The fourth-order valence-electron chi connectivity index (χ4n) is 2.96. The van der Waals surface area contributed by atoms with E-state index in [4.69, 9.17) is 0 Å². The summed E-state index contributed by atoms with van der Waals surface area (Å²) >= 11 is 0. The molecule has 1 rings (SSSR count). The first-order valence-electron chi connectivity index (χ1n) is 7.35. The number of nitrogens with zero attached hydrogens (tertiary/aromatic N) is 1. The molecule has 1 heterocycles. The van der Waals surface area contributed by atoms with Gasteiger partial charge in [0.1, 0.15) is 0 Å². The van der Waals surface area contributed by atoms with E-state index in [2.05, 4.69) is 50.6 Å². The SMILES string of the molecule is CCn1c(C)cc(CNCC(C)(O)CC(C)C)c1C. The quantitative estimate of drug-likeness (QED) is 0.796. The Morgan fingerprint density at radius 3 is 2.47 bits per heavy atom. The zero-order chi connectivity index (χ0) is 14.6. The molecule has 2 N–H and O–H groups in total. The molecule has 0 aliphatic carbocycles. The summed E-state index contributed by atoms with van der Waals surface area (Å²) in [5.74, 6) is 0.516. The van der Waals surface area contributed by atoms with Crippen LogP contribution in [-0.2, 0) is 13.1 Å². The summed E-state index contributed by atoms with van der Waals surface area (Å²) in [5.41, 5.74) is 3.35. The van der Waals surface area contributed by atoms with Crippen molar-refractivity contribution >= 4 is 0 Å². The van der Waals surface area contributed by atoms with Gasteiger partial charge in [-0.2, -0.15) is 0 Å². The van der Waals surface area contributed by atoms with Gasteiger partial charge in [-0.15, -0.1) is 0 Å². The Morgan fingerprint density at radius 2 is 2.00 bits per heavy atom. The number of nitrogens with one attached hydrogen (secondary N) is 1. The number of hydrogen-bond acceptors (Lipinski definition) is 2. The molecule has 0 saturated carbocycles. The van der Waals surface area contributed by atoms with Crippen LogP contribution in [0.2, 0.25) is 0 Å². The Hall–Kier alpha value is -0.800. The van der Waals surface area contributed by atoms with E-state index < -0.39 is 5.60 Å². The molecule has 19 heavy (non-hydrogen) atoms. The molecule has 3 heteroatoms. The van der Waals surface area contributed by atoms with Crippen LogP contribution in [-0.4, -0.2) is 21.8 Å². The molecule has 0 amide bonds. The van der Waals surface area contributed by atoms with E-state index in [9.17, 15) is 5.11 Å². The fraction of sp³-hybridized carbons (Fsp3) is 0.750. The zero-order valence-corrected chi connectivity index (χ0v) is 13.4. The molecule has 1 aromatic heterocycles. The van der Waals surface area contributed by atoms with Gasteiger partial charge in [0, 0.05) is 31.0 Å².